The van der Waals surface area contributed by atoms with Gasteiger partial charge in [0.2, 0.25) is 11.8 Å². The van der Waals surface area contributed by atoms with Crippen molar-refractivity contribution in [2.75, 3.05) is 0 Å². The second kappa shape index (κ2) is 3.77. The van der Waals surface area contributed by atoms with E-state index >= 15 is 0 Å². The minimum atomic E-state index is -0.122. The molecule has 0 aliphatic heterocycles. The van der Waals surface area contributed by atoms with Crippen molar-refractivity contribution in [1.82, 2.24) is 25.2 Å². The predicted octanol–water partition coefficient (Wildman–Crippen LogP) is 0.0375. The van der Waals surface area contributed by atoms with Crippen LogP contribution in [0.4, 0.5) is 0 Å². The molecule has 0 saturated carbocycles. The van der Waals surface area contributed by atoms with Crippen LogP contribution in [0, 0.1) is 6.92 Å². The van der Waals surface area contributed by atoms with Gasteiger partial charge in [0.15, 0.2) is 0 Å². The Morgan fingerprint density at radius 3 is 2.80 bits per heavy atom. The summed E-state index contributed by atoms with van der Waals surface area (Å²) in [4.78, 5) is 0. The Hall–Kier alpha value is -1.76. The number of hydrogen-bond acceptors (Lipinski definition) is 6. The lowest BCUT2D eigenvalue weighted by molar-refractivity contribution is 0.441. The van der Waals surface area contributed by atoms with E-state index in [1.807, 2.05) is 6.92 Å². The van der Waals surface area contributed by atoms with Crippen molar-refractivity contribution in [3.05, 3.63) is 23.7 Å². The molecule has 2 N–H and O–H groups in total. The molecule has 0 saturated heterocycles. The smallest absolute Gasteiger partial charge is 0.237 e. The molecule has 7 nitrogen and oxygen atoms in total. The van der Waals surface area contributed by atoms with Crippen molar-refractivity contribution in [3.63, 3.8) is 0 Å². The maximum Gasteiger partial charge on any atom is 0.237 e. The van der Waals surface area contributed by atoms with Gasteiger partial charge in [0.1, 0.15) is 6.54 Å². The van der Waals surface area contributed by atoms with E-state index in [-0.39, 0.29) is 6.04 Å². The normalized spacial score (nSPS) is 13.0. The minimum absolute atomic E-state index is 0.122. The number of aromatic nitrogens is 5. The van der Waals surface area contributed by atoms with Crippen molar-refractivity contribution >= 4 is 0 Å². The lowest BCUT2D eigenvalue weighted by Gasteiger charge is -1.96. The lowest BCUT2D eigenvalue weighted by atomic mass is 10.3. The minimum Gasteiger partial charge on any atom is -0.424 e. The fraction of sp³-hybridized carbons (Fsp3) is 0.500. The van der Waals surface area contributed by atoms with Crippen LogP contribution >= 0.6 is 0 Å². The summed E-state index contributed by atoms with van der Waals surface area (Å²) in [5.41, 5.74) is 6.40. The number of hydrogen-bond donors (Lipinski definition) is 1. The van der Waals surface area contributed by atoms with E-state index in [0.29, 0.717) is 18.3 Å². The van der Waals surface area contributed by atoms with Gasteiger partial charge in [0, 0.05) is 13.0 Å². The SMILES string of the molecule is Cc1nnc(Cn2cc(C(C)N)nn2)o1. The summed E-state index contributed by atoms with van der Waals surface area (Å²) in [6.07, 6.45) is 1.77. The van der Waals surface area contributed by atoms with E-state index in [4.69, 9.17) is 10.2 Å². The molecule has 2 rings (SSSR count). The molecule has 1 atom stereocenters. The average Bonchev–Trinajstić information content (AvgIpc) is 2.76. The van der Waals surface area contributed by atoms with Gasteiger partial charge in [-0.3, -0.25) is 0 Å². The van der Waals surface area contributed by atoms with Gasteiger partial charge in [0.05, 0.1) is 11.9 Å². The highest BCUT2D eigenvalue weighted by Gasteiger charge is 2.08. The molecular weight excluding hydrogens is 196 g/mol. The van der Waals surface area contributed by atoms with Gasteiger partial charge in [-0.25, -0.2) is 4.68 Å². The Balaban J connectivity index is 2.11. The Bertz CT molecular complexity index is 445. The number of nitrogens with two attached hydrogens (primary N) is 1. The van der Waals surface area contributed by atoms with E-state index in [2.05, 4.69) is 20.5 Å². The molecule has 0 radical (unpaired) electrons. The van der Waals surface area contributed by atoms with Gasteiger partial charge in [-0.05, 0) is 6.92 Å². The summed E-state index contributed by atoms with van der Waals surface area (Å²) in [6, 6.07) is -0.122. The van der Waals surface area contributed by atoms with Crippen molar-refractivity contribution in [2.45, 2.75) is 26.4 Å². The summed E-state index contributed by atoms with van der Waals surface area (Å²) < 4.78 is 6.83. The van der Waals surface area contributed by atoms with Crippen LogP contribution in [0.3, 0.4) is 0 Å². The molecule has 0 aliphatic rings. The first-order valence-corrected chi connectivity index (χ1v) is 4.60. The molecule has 0 aliphatic carbocycles. The Morgan fingerprint density at radius 1 is 1.47 bits per heavy atom. The monoisotopic (exact) mass is 208 g/mol. The Labute approximate surface area is 86.3 Å². The van der Waals surface area contributed by atoms with Gasteiger partial charge in [0.25, 0.3) is 0 Å². The molecule has 0 aromatic carbocycles. The summed E-state index contributed by atoms with van der Waals surface area (Å²) in [5, 5.41) is 15.4. The van der Waals surface area contributed by atoms with Crippen LogP contribution in [-0.2, 0) is 6.54 Å². The van der Waals surface area contributed by atoms with Gasteiger partial charge in [-0.15, -0.1) is 15.3 Å². The second-order valence-electron chi connectivity index (χ2n) is 3.34. The summed E-state index contributed by atoms with van der Waals surface area (Å²) in [6.45, 7) is 4.01. The quantitative estimate of drug-likeness (QED) is 0.764. The standard InChI is InChI=1S/C8H12N6O/c1-5(9)7-3-14(13-11-7)4-8-12-10-6(2)15-8/h3,5H,4,9H2,1-2H3. The van der Waals surface area contributed by atoms with Crippen LogP contribution in [0.25, 0.3) is 0 Å². The molecule has 0 spiro atoms. The zero-order chi connectivity index (χ0) is 10.8. The first-order chi connectivity index (χ1) is 7.15. The fourth-order valence-electron chi connectivity index (χ4n) is 1.14. The molecule has 15 heavy (non-hydrogen) atoms. The van der Waals surface area contributed by atoms with E-state index in [1.165, 1.54) is 0 Å². The molecule has 0 bridgehead atoms. The van der Waals surface area contributed by atoms with Crippen LogP contribution in [0.5, 0.6) is 0 Å². The van der Waals surface area contributed by atoms with Gasteiger partial charge < -0.3 is 10.2 Å². The van der Waals surface area contributed by atoms with E-state index in [0.717, 1.165) is 5.69 Å². The maximum absolute atomic E-state index is 5.66. The third kappa shape index (κ3) is 2.18. The first-order valence-electron chi connectivity index (χ1n) is 4.60. The zero-order valence-electron chi connectivity index (χ0n) is 8.58. The highest BCUT2D eigenvalue weighted by Crippen LogP contribution is 2.05. The van der Waals surface area contributed by atoms with E-state index in [1.54, 1.807) is 17.8 Å². The van der Waals surface area contributed by atoms with Gasteiger partial charge >= 0.3 is 0 Å². The van der Waals surface area contributed by atoms with Crippen LogP contribution in [0.15, 0.2) is 10.6 Å². The van der Waals surface area contributed by atoms with Crippen molar-refractivity contribution in [2.24, 2.45) is 5.73 Å². The molecule has 80 valence electrons. The molecule has 2 heterocycles. The highest BCUT2D eigenvalue weighted by molar-refractivity contribution is 4.98. The summed E-state index contributed by atoms with van der Waals surface area (Å²) in [5.74, 6) is 1.05. The van der Waals surface area contributed by atoms with Crippen LogP contribution in [0.2, 0.25) is 0 Å². The third-order valence-corrected chi connectivity index (χ3v) is 1.89. The van der Waals surface area contributed by atoms with Crippen LogP contribution in [0.1, 0.15) is 30.4 Å². The van der Waals surface area contributed by atoms with E-state index in [9.17, 15) is 0 Å². The second-order valence-corrected chi connectivity index (χ2v) is 3.34. The molecule has 2 aromatic heterocycles. The molecule has 1 unspecified atom stereocenters. The summed E-state index contributed by atoms with van der Waals surface area (Å²) >= 11 is 0. The number of nitrogens with zero attached hydrogens (tertiary/aromatic N) is 5. The zero-order valence-corrected chi connectivity index (χ0v) is 8.58. The van der Waals surface area contributed by atoms with Crippen LogP contribution < -0.4 is 5.73 Å². The van der Waals surface area contributed by atoms with Crippen molar-refractivity contribution in [3.8, 4) is 0 Å². The lowest BCUT2D eigenvalue weighted by Crippen LogP contribution is -2.05. The highest BCUT2D eigenvalue weighted by atomic mass is 16.4. The first kappa shape index (κ1) is 9.78. The van der Waals surface area contributed by atoms with Crippen molar-refractivity contribution in [1.29, 1.82) is 0 Å². The third-order valence-electron chi connectivity index (χ3n) is 1.89. The average molecular weight is 208 g/mol. The molecule has 2 aromatic rings. The topological polar surface area (TPSA) is 95.7 Å². The van der Waals surface area contributed by atoms with Crippen molar-refractivity contribution < 1.29 is 4.42 Å². The predicted molar refractivity (Wildman–Crippen MR) is 50.8 cm³/mol. The van der Waals surface area contributed by atoms with Gasteiger partial charge in [-0.1, -0.05) is 5.21 Å². The Morgan fingerprint density at radius 2 is 2.27 bits per heavy atom. The number of rotatable bonds is 3. The number of aryl methyl sites for hydroxylation is 1. The fourth-order valence-corrected chi connectivity index (χ4v) is 1.14. The largest absolute Gasteiger partial charge is 0.424 e. The molecule has 0 amide bonds. The molecule has 7 heteroatoms. The summed E-state index contributed by atoms with van der Waals surface area (Å²) in [7, 11) is 0. The van der Waals surface area contributed by atoms with E-state index < -0.39 is 0 Å². The van der Waals surface area contributed by atoms with Gasteiger partial charge in [-0.2, -0.15) is 0 Å². The maximum atomic E-state index is 5.66. The van der Waals surface area contributed by atoms with Crippen LogP contribution in [-0.4, -0.2) is 25.2 Å². The molecular formula is C8H12N6O. The Kier molecular flexibility index (Phi) is 2.46. The molecule has 0 fully saturated rings.